The number of nitrogens with zero attached hydrogens (tertiary/aromatic N) is 1. The standard InChI is InChI=1S/C14H12BrN3/c1-9-2-5-12(7-13(9)17)18-14-6-11(15)4-3-10(14)8-16/h2-7,18H,17H2,1H3. The molecule has 0 bridgehead atoms. The molecule has 0 atom stereocenters. The lowest BCUT2D eigenvalue weighted by molar-refractivity contribution is 1.43. The van der Waals surface area contributed by atoms with Crippen LogP contribution in [0, 0.1) is 18.3 Å². The van der Waals surface area contributed by atoms with Gasteiger partial charge in [0.05, 0.1) is 11.3 Å². The van der Waals surface area contributed by atoms with Gasteiger partial charge < -0.3 is 11.1 Å². The van der Waals surface area contributed by atoms with Crippen LogP contribution in [0.15, 0.2) is 40.9 Å². The summed E-state index contributed by atoms with van der Waals surface area (Å²) in [6, 6.07) is 13.4. The second-order valence-corrected chi connectivity index (χ2v) is 4.91. The summed E-state index contributed by atoms with van der Waals surface area (Å²) in [5, 5.41) is 12.3. The fourth-order valence-corrected chi connectivity index (χ4v) is 1.95. The molecule has 0 aliphatic rings. The molecular weight excluding hydrogens is 290 g/mol. The molecule has 90 valence electrons. The summed E-state index contributed by atoms with van der Waals surface area (Å²) >= 11 is 3.39. The summed E-state index contributed by atoms with van der Waals surface area (Å²) in [6.07, 6.45) is 0. The monoisotopic (exact) mass is 301 g/mol. The highest BCUT2D eigenvalue weighted by atomic mass is 79.9. The zero-order valence-electron chi connectivity index (χ0n) is 9.87. The molecule has 0 spiro atoms. The predicted octanol–water partition coefficient (Wildman–Crippen LogP) is 3.96. The largest absolute Gasteiger partial charge is 0.398 e. The van der Waals surface area contributed by atoms with Crippen molar-refractivity contribution in [3.8, 4) is 6.07 Å². The molecule has 0 aliphatic carbocycles. The van der Waals surface area contributed by atoms with E-state index in [0.29, 0.717) is 5.56 Å². The zero-order chi connectivity index (χ0) is 13.1. The molecule has 0 saturated heterocycles. The van der Waals surface area contributed by atoms with Crippen molar-refractivity contribution in [2.24, 2.45) is 0 Å². The summed E-state index contributed by atoms with van der Waals surface area (Å²) in [4.78, 5) is 0. The van der Waals surface area contributed by atoms with Gasteiger partial charge in [0.1, 0.15) is 6.07 Å². The van der Waals surface area contributed by atoms with Gasteiger partial charge in [-0.3, -0.25) is 0 Å². The average Bonchev–Trinajstić information content (AvgIpc) is 2.34. The Labute approximate surface area is 114 Å². The number of nitrogen functional groups attached to an aromatic ring is 1. The molecule has 0 aromatic heterocycles. The maximum absolute atomic E-state index is 9.06. The lowest BCUT2D eigenvalue weighted by Gasteiger charge is -2.10. The minimum absolute atomic E-state index is 0.595. The SMILES string of the molecule is Cc1ccc(Nc2cc(Br)ccc2C#N)cc1N. The second kappa shape index (κ2) is 5.11. The van der Waals surface area contributed by atoms with Crippen LogP contribution in [0.1, 0.15) is 11.1 Å². The van der Waals surface area contributed by atoms with E-state index in [-0.39, 0.29) is 0 Å². The first kappa shape index (κ1) is 12.5. The molecule has 2 rings (SSSR count). The third-order valence-electron chi connectivity index (χ3n) is 2.66. The summed E-state index contributed by atoms with van der Waals surface area (Å²) < 4.78 is 0.920. The molecule has 2 aromatic rings. The second-order valence-electron chi connectivity index (χ2n) is 4.00. The fourth-order valence-electron chi connectivity index (χ4n) is 1.59. The van der Waals surface area contributed by atoms with Crippen LogP contribution in [0.25, 0.3) is 0 Å². The van der Waals surface area contributed by atoms with E-state index in [4.69, 9.17) is 11.0 Å². The summed E-state index contributed by atoms with van der Waals surface area (Å²) in [5.41, 5.74) is 9.85. The Bertz CT molecular complexity index is 629. The molecule has 18 heavy (non-hydrogen) atoms. The van der Waals surface area contributed by atoms with Crippen molar-refractivity contribution in [1.29, 1.82) is 5.26 Å². The van der Waals surface area contributed by atoms with E-state index in [1.807, 2.05) is 37.3 Å². The minimum Gasteiger partial charge on any atom is -0.398 e. The van der Waals surface area contributed by atoms with E-state index in [1.165, 1.54) is 0 Å². The highest BCUT2D eigenvalue weighted by Gasteiger charge is 2.04. The predicted molar refractivity (Wildman–Crippen MR) is 77.7 cm³/mol. The van der Waals surface area contributed by atoms with Gasteiger partial charge in [-0.1, -0.05) is 22.0 Å². The van der Waals surface area contributed by atoms with E-state index >= 15 is 0 Å². The number of nitrogens with two attached hydrogens (primary N) is 1. The van der Waals surface area contributed by atoms with Crippen LogP contribution >= 0.6 is 15.9 Å². The van der Waals surface area contributed by atoms with E-state index in [2.05, 4.69) is 27.3 Å². The zero-order valence-corrected chi connectivity index (χ0v) is 11.5. The number of anilines is 3. The van der Waals surface area contributed by atoms with Crippen LogP contribution in [0.5, 0.6) is 0 Å². The third kappa shape index (κ3) is 2.63. The Hall–Kier alpha value is -1.99. The summed E-state index contributed by atoms with van der Waals surface area (Å²) in [6.45, 7) is 1.96. The van der Waals surface area contributed by atoms with Crippen molar-refractivity contribution < 1.29 is 0 Å². The molecule has 0 unspecified atom stereocenters. The molecule has 2 aromatic carbocycles. The van der Waals surface area contributed by atoms with Crippen molar-refractivity contribution >= 4 is 33.0 Å². The number of nitriles is 1. The van der Waals surface area contributed by atoms with Gasteiger partial charge in [-0.25, -0.2) is 0 Å². The van der Waals surface area contributed by atoms with Crippen LogP contribution in [0.2, 0.25) is 0 Å². The van der Waals surface area contributed by atoms with E-state index in [9.17, 15) is 0 Å². The number of halogens is 1. The maximum Gasteiger partial charge on any atom is 0.101 e. The first-order chi connectivity index (χ1) is 8.60. The molecule has 0 amide bonds. The third-order valence-corrected chi connectivity index (χ3v) is 3.15. The molecule has 0 saturated carbocycles. The van der Waals surface area contributed by atoms with Gasteiger partial charge in [-0.05, 0) is 42.8 Å². The van der Waals surface area contributed by atoms with Gasteiger partial charge in [-0.2, -0.15) is 5.26 Å². The van der Waals surface area contributed by atoms with Crippen LogP contribution in [0.3, 0.4) is 0 Å². The van der Waals surface area contributed by atoms with Crippen LogP contribution in [-0.2, 0) is 0 Å². The lowest BCUT2D eigenvalue weighted by atomic mass is 10.1. The lowest BCUT2D eigenvalue weighted by Crippen LogP contribution is -1.96. The minimum atomic E-state index is 0.595. The number of rotatable bonds is 2. The van der Waals surface area contributed by atoms with Gasteiger partial charge in [-0.15, -0.1) is 0 Å². The first-order valence-electron chi connectivity index (χ1n) is 5.43. The smallest absolute Gasteiger partial charge is 0.101 e. The average molecular weight is 302 g/mol. The van der Waals surface area contributed by atoms with Gasteiger partial charge >= 0.3 is 0 Å². The van der Waals surface area contributed by atoms with Crippen molar-refractivity contribution in [1.82, 2.24) is 0 Å². The van der Waals surface area contributed by atoms with E-state index < -0.39 is 0 Å². The van der Waals surface area contributed by atoms with Crippen molar-refractivity contribution in [2.45, 2.75) is 6.92 Å². The molecule has 3 N–H and O–H groups in total. The van der Waals surface area contributed by atoms with Gasteiger partial charge in [0.2, 0.25) is 0 Å². The first-order valence-corrected chi connectivity index (χ1v) is 6.22. The van der Waals surface area contributed by atoms with Crippen LogP contribution in [0.4, 0.5) is 17.1 Å². The van der Waals surface area contributed by atoms with Gasteiger partial charge in [0, 0.05) is 15.8 Å². The number of hydrogen-bond acceptors (Lipinski definition) is 3. The quantitative estimate of drug-likeness (QED) is 0.826. The van der Waals surface area contributed by atoms with Gasteiger partial charge in [0.25, 0.3) is 0 Å². The highest BCUT2D eigenvalue weighted by Crippen LogP contribution is 2.26. The Morgan fingerprint density at radius 1 is 1.22 bits per heavy atom. The molecule has 3 nitrogen and oxygen atoms in total. The molecule has 4 heteroatoms. The molecule has 0 fully saturated rings. The number of aryl methyl sites for hydroxylation is 1. The fraction of sp³-hybridized carbons (Fsp3) is 0.0714. The Balaban J connectivity index is 2.36. The number of hydrogen-bond donors (Lipinski definition) is 2. The Morgan fingerprint density at radius 2 is 2.00 bits per heavy atom. The maximum atomic E-state index is 9.06. The van der Waals surface area contributed by atoms with Crippen LogP contribution < -0.4 is 11.1 Å². The Kier molecular flexibility index (Phi) is 3.54. The number of benzene rings is 2. The van der Waals surface area contributed by atoms with Crippen LogP contribution in [-0.4, -0.2) is 0 Å². The molecular formula is C14H12BrN3. The topological polar surface area (TPSA) is 61.8 Å². The van der Waals surface area contributed by atoms with E-state index in [0.717, 1.165) is 27.1 Å². The summed E-state index contributed by atoms with van der Waals surface area (Å²) in [5.74, 6) is 0. The molecule has 0 radical (unpaired) electrons. The highest BCUT2D eigenvalue weighted by molar-refractivity contribution is 9.10. The normalized spacial score (nSPS) is 9.83. The number of nitrogens with one attached hydrogen (secondary N) is 1. The molecule has 0 heterocycles. The van der Waals surface area contributed by atoms with E-state index in [1.54, 1.807) is 6.07 Å². The summed E-state index contributed by atoms with van der Waals surface area (Å²) in [7, 11) is 0. The van der Waals surface area contributed by atoms with Crippen molar-refractivity contribution in [3.63, 3.8) is 0 Å². The van der Waals surface area contributed by atoms with Crippen molar-refractivity contribution in [3.05, 3.63) is 52.0 Å². The van der Waals surface area contributed by atoms with Crippen molar-refractivity contribution in [2.75, 3.05) is 11.1 Å². The Morgan fingerprint density at radius 3 is 2.67 bits per heavy atom. The van der Waals surface area contributed by atoms with Gasteiger partial charge in [0.15, 0.2) is 0 Å². The molecule has 0 aliphatic heterocycles.